The fraction of sp³-hybridized carbons (Fsp3) is 0.192. The van der Waals surface area contributed by atoms with Gasteiger partial charge in [0, 0.05) is 22.3 Å². The number of nitrogens with zero attached hydrogens (tertiary/aromatic N) is 1. The Labute approximate surface area is 198 Å². The summed E-state index contributed by atoms with van der Waals surface area (Å²) in [5.41, 5.74) is 4.26. The van der Waals surface area contributed by atoms with Gasteiger partial charge in [-0.25, -0.2) is 0 Å². The Morgan fingerprint density at radius 3 is 2.53 bits per heavy atom. The molecule has 0 saturated carbocycles. The number of halogens is 2. The molecule has 0 bridgehead atoms. The van der Waals surface area contributed by atoms with E-state index >= 15 is 0 Å². The monoisotopic (exact) mass is 466 g/mol. The highest BCUT2D eigenvalue weighted by molar-refractivity contribution is 6.31. The predicted molar refractivity (Wildman–Crippen MR) is 131 cm³/mol. The van der Waals surface area contributed by atoms with E-state index in [-0.39, 0.29) is 11.9 Å². The highest BCUT2D eigenvalue weighted by Crippen LogP contribution is 2.33. The van der Waals surface area contributed by atoms with Crippen LogP contribution in [0.25, 0.3) is 0 Å². The smallest absolute Gasteiger partial charge is 0.253 e. The lowest BCUT2D eigenvalue weighted by atomic mass is 10.0. The number of hydrogen-bond acceptors (Lipinski definition) is 3. The molecule has 0 spiro atoms. The number of carbonyl (C=O) groups excluding carboxylic acids is 1. The predicted octanol–water partition coefficient (Wildman–Crippen LogP) is 6.27. The van der Waals surface area contributed by atoms with Crippen LogP contribution in [0.4, 0.5) is 5.69 Å². The molecule has 0 aliphatic carbocycles. The Bertz CT molecular complexity index is 1140. The van der Waals surface area contributed by atoms with Gasteiger partial charge in [-0.1, -0.05) is 60.1 Å². The standard InChI is InChI=1S/C26H24Cl2N2O2/c1-17-24(13-9-19-5-3-4-6-23(19)28)29-26(31)22-15-20(27)10-14-25(22)30(17)16-18-7-11-21(32-2)12-8-18/h3-8,10-12,14-15,24H,1,9,13,16H2,2H3,(H,29,31). The van der Waals surface area contributed by atoms with Gasteiger partial charge < -0.3 is 15.0 Å². The van der Waals surface area contributed by atoms with Crippen LogP contribution in [0, 0.1) is 0 Å². The second-order valence-corrected chi connectivity index (χ2v) is 8.59. The van der Waals surface area contributed by atoms with Crippen LogP contribution in [0.2, 0.25) is 10.0 Å². The highest BCUT2D eigenvalue weighted by Gasteiger charge is 2.30. The Morgan fingerprint density at radius 1 is 1.06 bits per heavy atom. The van der Waals surface area contributed by atoms with Crippen molar-refractivity contribution in [3.05, 3.63) is 106 Å². The van der Waals surface area contributed by atoms with Crippen molar-refractivity contribution in [2.75, 3.05) is 12.0 Å². The normalized spacial score (nSPS) is 15.7. The van der Waals surface area contributed by atoms with Crippen molar-refractivity contribution in [1.82, 2.24) is 5.32 Å². The molecule has 1 N–H and O–H groups in total. The number of methoxy groups -OCH3 is 1. The molecule has 4 nitrogen and oxygen atoms in total. The fourth-order valence-corrected chi connectivity index (χ4v) is 4.33. The summed E-state index contributed by atoms with van der Waals surface area (Å²) in [6, 6.07) is 20.8. The van der Waals surface area contributed by atoms with Crippen LogP contribution in [-0.4, -0.2) is 19.1 Å². The van der Waals surface area contributed by atoms with Crippen LogP contribution in [-0.2, 0) is 13.0 Å². The lowest BCUT2D eigenvalue weighted by molar-refractivity contribution is 0.0944. The summed E-state index contributed by atoms with van der Waals surface area (Å²) in [6.07, 6.45) is 1.40. The quantitative estimate of drug-likeness (QED) is 0.465. The van der Waals surface area contributed by atoms with Gasteiger partial charge in [0.1, 0.15) is 5.75 Å². The molecule has 0 aromatic heterocycles. The third-order valence-electron chi connectivity index (χ3n) is 5.71. The number of hydrogen-bond donors (Lipinski definition) is 1. The van der Waals surface area contributed by atoms with E-state index in [1.165, 1.54) is 0 Å². The first-order valence-corrected chi connectivity index (χ1v) is 11.1. The summed E-state index contributed by atoms with van der Waals surface area (Å²) < 4.78 is 5.27. The zero-order valence-electron chi connectivity index (χ0n) is 17.8. The maximum Gasteiger partial charge on any atom is 0.253 e. The van der Waals surface area contributed by atoms with Crippen LogP contribution in [0.15, 0.2) is 79.0 Å². The van der Waals surface area contributed by atoms with Crippen LogP contribution in [0.1, 0.15) is 27.9 Å². The van der Waals surface area contributed by atoms with E-state index in [0.29, 0.717) is 23.6 Å². The minimum Gasteiger partial charge on any atom is -0.497 e. The van der Waals surface area contributed by atoms with Gasteiger partial charge in [0.25, 0.3) is 5.91 Å². The molecule has 0 fully saturated rings. The number of nitrogens with one attached hydrogen (secondary N) is 1. The number of rotatable bonds is 6. The molecule has 4 rings (SSSR count). The zero-order chi connectivity index (χ0) is 22.7. The number of fused-ring (bicyclic) bond motifs is 1. The van der Waals surface area contributed by atoms with Gasteiger partial charge in [0.05, 0.1) is 24.4 Å². The minimum absolute atomic E-state index is 0.162. The van der Waals surface area contributed by atoms with Gasteiger partial charge in [-0.15, -0.1) is 0 Å². The first-order valence-electron chi connectivity index (χ1n) is 10.4. The average molecular weight is 467 g/mol. The Kier molecular flexibility index (Phi) is 6.73. The largest absolute Gasteiger partial charge is 0.497 e. The SMILES string of the molecule is C=C1C(CCc2ccccc2Cl)NC(=O)c2cc(Cl)ccc2N1Cc1ccc(OC)cc1. The lowest BCUT2D eigenvalue weighted by Gasteiger charge is -2.30. The summed E-state index contributed by atoms with van der Waals surface area (Å²) in [7, 11) is 1.65. The molecule has 1 amide bonds. The van der Waals surface area contributed by atoms with Crippen molar-refractivity contribution < 1.29 is 9.53 Å². The van der Waals surface area contributed by atoms with Crippen molar-refractivity contribution in [2.24, 2.45) is 0 Å². The minimum atomic E-state index is -0.247. The lowest BCUT2D eigenvalue weighted by Crippen LogP contribution is -2.38. The van der Waals surface area contributed by atoms with E-state index in [1.807, 2.05) is 54.6 Å². The van der Waals surface area contributed by atoms with Crippen molar-refractivity contribution in [3.8, 4) is 5.75 Å². The molecular weight excluding hydrogens is 443 g/mol. The molecule has 0 radical (unpaired) electrons. The van der Waals surface area contributed by atoms with E-state index < -0.39 is 0 Å². The molecule has 3 aromatic carbocycles. The van der Waals surface area contributed by atoms with Crippen molar-refractivity contribution in [1.29, 1.82) is 0 Å². The average Bonchev–Trinajstić information content (AvgIpc) is 2.89. The van der Waals surface area contributed by atoms with Gasteiger partial charge >= 0.3 is 0 Å². The number of aryl methyl sites for hydroxylation is 1. The molecule has 1 unspecified atom stereocenters. The summed E-state index contributed by atoms with van der Waals surface area (Å²) in [5.74, 6) is 0.634. The van der Waals surface area contributed by atoms with Crippen molar-refractivity contribution in [3.63, 3.8) is 0 Å². The Balaban J connectivity index is 1.65. The van der Waals surface area contributed by atoms with Gasteiger partial charge in [-0.3, -0.25) is 4.79 Å². The molecule has 1 aliphatic heterocycles. The third kappa shape index (κ3) is 4.77. The van der Waals surface area contributed by atoms with Crippen molar-refractivity contribution >= 4 is 34.8 Å². The molecule has 3 aromatic rings. The molecule has 1 atom stereocenters. The second kappa shape index (κ2) is 9.68. The number of anilines is 1. The first-order chi connectivity index (χ1) is 15.5. The molecule has 32 heavy (non-hydrogen) atoms. The molecule has 164 valence electrons. The van der Waals surface area contributed by atoms with Gasteiger partial charge in [0.15, 0.2) is 0 Å². The summed E-state index contributed by atoms with van der Waals surface area (Å²) in [6.45, 7) is 4.94. The van der Waals surface area contributed by atoms with Crippen LogP contribution < -0.4 is 15.0 Å². The van der Waals surface area contributed by atoms with E-state index in [0.717, 1.165) is 39.7 Å². The highest BCUT2D eigenvalue weighted by atomic mass is 35.5. The first kappa shape index (κ1) is 22.3. The molecule has 1 heterocycles. The maximum atomic E-state index is 13.1. The number of amides is 1. The Hall–Kier alpha value is -2.95. The van der Waals surface area contributed by atoms with Crippen LogP contribution in [0.3, 0.4) is 0 Å². The van der Waals surface area contributed by atoms with E-state index in [4.69, 9.17) is 27.9 Å². The zero-order valence-corrected chi connectivity index (χ0v) is 19.3. The van der Waals surface area contributed by atoms with E-state index in [1.54, 1.807) is 19.2 Å². The number of ether oxygens (including phenoxy) is 1. The summed E-state index contributed by atoms with van der Waals surface area (Å²) >= 11 is 12.6. The van der Waals surface area contributed by atoms with Gasteiger partial charge in [-0.05, 0) is 60.4 Å². The van der Waals surface area contributed by atoms with Crippen LogP contribution >= 0.6 is 23.2 Å². The van der Waals surface area contributed by atoms with Crippen molar-refractivity contribution in [2.45, 2.75) is 25.4 Å². The molecule has 6 heteroatoms. The Morgan fingerprint density at radius 2 is 1.81 bits per heavy atom. The van der Waals surface area contributed by atoms with Gasteiger partial charge in [-0.2, -0.15) is 0 Å². The molecule has 0 saturated heterocycles. The maximum absolute atomic E-state index is 13.1. The summed E-state index contributed by atoms with van der Waals surface area (Å²) in [4.78, 5) is 15.2. The second-order valence-electron chi connectivity index (χ2n) is 7.74. The molecule has 1 aliphatic rings. The topological polar surface area (TPSA) is 41.6 Å². The third-order valence-corrected chi connectivity index (χ3v) is 6.31. The van der Waals surface area contributed by atoms with E-state index in [2.05, 4.69) is 16.8 Å². The number of benzene rings is 3. The number of carbonyl (C=O) groups is 1. The molecular formula is C26H24Cl2N2O2. The van der Waals surface area contributed by atoms with Crippen LogP contribution in [0.5, 0.6) is 5.75 Å². The van der Waals surface area contributed by atoms with Gasteiger partial charge in [0.2, 0.25) is 0 Å². The van der Waals surface area contributed by atoms with E-state index in [9.17, 15) is 4.79 Å². The summed E-state index contributed by atoms with van der Waals surface area (Å²) in [5, 5.41) is 4.38. The fourth-order valence-electron chi connectivity index (χ4n) is 3.93.